The number of fused-ring (bicyclic) bond motifs is 1. The van der Waals surface area contributed by atoms with Crippen LogP contribution >= 0.6 is 22.7 Å². The number of benzene rings is 2. The highest BCUT2D eigenvalue weighted by molar-refractivity contribution is 7.18. The first-order valence-electron chi connectivity index (χ1n) is 8.83. The minimum absolute atomic E-state index is 0.0932. The molecule has 0 aliphatic carbocycles. The lowest BCUT2D eigenvalue weighted by atomic mass is 10.1. The van der Waals surface area contributed by atoms with Gasteiger partial charge in [0.05, 0.1) is 33.0 Å². The lowest BCUT2D eigenvalue weighted by Gasteiger charge is -2.18. The fourth-order valence-electron chi connectivity index (χ4n) is 2.86. The summed E-state index contributed by atoms with van der Waals surface area (Å²) in [5, 5.41) is 3.88. The summed E-state index contributed by atoms with van der Waals surface area (Å²) >= 11 is 3.19. The van der Waals surface area contributed by atoms with E-state index in [2.05, 4.69) is 9.97 Å². The molecule has 4 aromatic rings. The summed E-state index contributed by atoms with van der Waals surface area (Å²) < 4.78 is 7.02. The van der Waals surface area contributed by atoms with E-state index in [1.807, 2.05) is 54.8 Å². The van der Waals surface area contributed by atoms with Crippen LogP contribution in [0.15, 0.2) is 53.9 Å². The van der Waals surface area contributed by atoms with Crippen LogP contribution in [0.2, 0.25) is 0 Å². The molecular weight excluding hydrogens is 390 g/mol. The Morgan fingerprint density at radius 3 is 2.68 bits per heavy atom. The van der Waals surface area contributed by atoms with Crippen molar-refractivity contribution in [2.24, 2.45) is 0 Å². The molecule has 4 rings (SSSR count). The van der Waals surface area contributed by atoms with E-state index in [1.165, 1.54) is 0 Å². The molecule has 0 unspecified atom stereocenters. The molecule has 2 aromatic carbocycles. The highest BCUT2D eigenvalue weighted by Crippen LogP contribution is 2.25. The first-order valence-corrected chi connectivity index (χ1v) is 10.5. The van der Waals surface area contributed by atoms with Gasteiger partial charge in [0.2, 0.25) is 0 Å². The predicted octanol–water partition coefficient (Wildman–Crippen LogP) is 4.91. The van der Waals surface area contributed by atoms with Crippen molar-refractivity contribution in [2.75, 3.05) is 7.05 Å². The summed E-state index contributed by atoms with van der Waals surface area (Å²) in [6.07, 6.45) is 0. The quantitative estimate of drug-likeness (QED) is 0.454. The van der Waals surface area contributed by atoms with Crippen LogP contribution in [0.3, 0.4) is 0 Å². The number of thiazole rings is 2. The maximum atomic E-state index is 13.0. The van der Waals surface area contributed by atoms with Gasteiger partial charge in [-0.25, -0.2) is 9.97 Å². The van der Waals surface area contributed by atoms with Crippen LogP contribution in [0.25, 0.3) is 10.2 Å². The molecule has 1 amide bonds. The van der Waals surface area contributed by atoms with Gasteiger partial charge in [-0.05, 0) is 31.2 Å². The number of amides is 1. The van der Waals surface area contributed by atoms with Crippen LogP contribution in [0.4, 0.5) is 0 Å². The zero-order valence-electron chi connectivity index (χ0n) is 15.6. The number of carbonyl (C=O) groups is 1. The number of ether oxygens (including phenoxy) is 1. The summed E-state index contributed by atoms with van der Waals surface area (Å²) in [6.45, 7) is 2.76. The van der Waals surface area contributed by atoms with E-state index in [0.29, 0.717) is 24.5 Å². The Morgan fingerprint density at radius 2 is 1.89 bits per heavy atom. The van der Waals surface area contributed by atoms with E-state index in [9.17, 15) is 4.79 Å². The Hall–Kier alpha value is -2.77. The number of aryl methyl sites for hydroxylation is 1. The zero-order valence-corrected chi connectivity index (χ0v) is 17.2. The third kappa shape index (κ3) is 4.05. The summed E-state index contributed by atoms with van der Waals surface area (Å²) in [6, 6.07) is 15.3. The molecule has 2 heterocycles. The standard InChI is InChI=1S/C21H19N3O2S2/c1-14-22-15(13-27-14)12-26-18-9-5-3-7-16(18)21(25)24(2)11-20-23-17-8-4-6-10-19(17)28-20/h3-10,13H,11-12H2,1-2H3. The molecule has 142 valence electrons. The maximum Gasteiger partial charge on any atom is 0.257 e. The van der Waals surface area contributed by atoms with Gasteiger partial charge in [0.15, 0.2) is 0 Å². The zero-order chi connectivity index (χ0) is 19.5. The second kappa shape index (κ2) is 8.08. The number of carbonyl (C=O) groups excluding carboxylic acids is 1. The monoisotopic (exact) mass is 409 g/mol. The van der Waals surface area contributed by atoms with Gasteiger partial charge in [-0.15, -0.1) is 22.7 Å². The van der Waals surface area contributed by atoms with Crippen molar-refractivity contribution in [3.05, 3.63) is 75.2 Å². The Balaban J connectivity index is 1.48. The van der Waals surface area contributed by atoms with Crippen LogP contribution in [0.5, 0.6) is 5.75 Å². The molecule has 28 heavy (non-hydrogen) atoms. The van der Waals surface area contributed by atoms with E-state index in [4.69, 9.17) is 4.74 Å². The van der Waals surface area contributed by atoms with Gasteiger partial charge >= 0.3 is 0 Å². The van der Waals surface area contributed by atoms with Gasteiger partial charge in [0, 0.05) is 12.4 Å². The Kier molecular flexibility index (Phi) is 5.36. The van der Waals surface area contributed by atoms with Gasteiger partial charge in [-0.1, -0.05) is 24.3 Å². The third-order valence-electron chi connectivity index (χ3n) is 4.22. The maximum absolute atomic E-state index is 13.0. The van der Waals surface area contributed by atoms with E-state index >= 15 is 0 Å². The molecule has 0 spiro atoms. The smallest absolute Gasteiger partial charge is 0.257 e. The van der Waals surface area contributed by atoms with Crippen molar-refractivity contribution < 1.29 is 9.53 Å². The second-order valence-corrected chi connectivity index (χ2v) is 8.56. The summed E-state index contributed by atoms with van der Waals surface area (Å²) in [5.41, 5.74) is 2.37. The second-order valence-electron chi connectivity index (χ2n) is 6.38. The molecule has 2 aromatic heterocycles. The Morgan fingerprint density at radius 1 is 1.11 bits per heavy atom. The van der Waals surface area contributed by atoms with Crippen molar-refractivity contribution in [3.63, 3.8) is 0 Å². The van der Waals surface area contributed by atoms with E-state index in [1.54, 1.807) is 40.7 Å². The van der Waals surface area contributed by atoms with Crippen LogP contribution in [-0.2, 0) is 13.2 Å². The van der Waals surface area contributed by atoms with Gasteiger partial charge in [-0.2, -0.15) is 0 Å². The van der Waals surface area contributed by atoms with Gasteiger partial charge in [0.1, 0.15) is 17.4 Å². The highest BCUT2D eigenvalue weighted by Gasteiger charge is 2.18. The largest absolute Gasteiger partial charge is 0.486 e. The lowest BCUT2D eigenvalue weighted by molar-refractivity contribution is 0.0780. The third-order valence-corrected chi connectivity index (χ3v) is 6.06. The fourth-order valence-corrected chi connectivity index (χ4v) is 4.48. The molecule has 0 aliphatic rings. The predicted molar refractivity (Wildman–Crippen MR) is 113 cm³/mol. The average Bonchev–Trinajstić information content (AvgIpc) is 3.31. The minimum atomic E-state index is -0.0932. The molecule has 0 bridgehead atoms. The van der Waals surface area contributed by atoms with E-state index < -0.39 is 0 Å². The molecule has 5 nitrogen and oxygen atoms in total. The molecule has 0 atom stereocenters. The molecule has 0 aliphatic heterocycles. The number of aromatic nitrogens is 2. The first-order chi connectivity index (χ1) is 13.6. The number of nitrogens with zero attached hydrogens (tertiary/aromatic N) is 3. The van der Waals surface area contributed by atoms with Crippen LogP contribution in [0, 0.1) is 6.92 Å². The van der Waals surface area contributed by atoms with E-state index in [0.717, 1.165) is 25.9 Å². The Labute approximate surface area is 171 Å². The SMILES string of the molecule is Cc1nc(COc2ccccc2C(=O)N(C)Cc2nc3ccccc3s2)cs1. The van der Waals surface area contributed by atoms with Gasteiger partial charge in [0.25, 0.3) is 5.91 Å². The van der Waals surface area contributed by atoms with Crippen LogP contribution in [-0.4, -0.2) is 27.8 Å². The number of rotatable bonds is 6. The van der Waals surface area contributed by atoms with Crippen molar-refractivity contribution >= 4 is 38.8 Å². The number of hydrogen-bond acceptors (Lipinski definition) is 6. The van der Waals surface area contributed by atoms with Crippen molar-refractivity contribution in [2.45, 2.75) is 20.1 Å². The normalized spacial score (nSPS) is 10.9. The Bertz CT molecular complexity index is 1090. The number of para-hydroxylation sites is 2. The van der Waals surface area contributed by atoms with Crippen molar-refractivity contribution in [1.82, 2.24) is 14.9 Å². The molecule has 0 saturated carbocycles. The fraction of sp³-hybridized carbons (Fsp3) is 0.190. The molecule has 0 N–H and O–H groups in total. The summed E-state index contributed by atoms with van der Waals surface area (Å²) in [7, 11) is 1.79. The number of hydrogen-bond donors (Lipinski definition) is 0. The highest BCUT2D eigenvalue weighted by atomic mass is 32.1. The van der Waals surface area contributed by atoms with Crippen molar-refractivity contribution in [1.29, 1.82) is 0 Å². The summed E-state index contributed by atoms with van der Waals surface area (Å²) in [5.74, 6) is 0.471. The summed E-state index contributed by atoms with van der Waals surface area (Å²) in [4.78, 5) is 23.7. The molecule has 0 fully saturated rings. The average molecular weight is 410 g/mol. The lowest BCUT2D eigenvalue weighted by Crippen LogP contribution is -2.26. The molecule has 0 radical (unpaired) electrons. The molecule has 7 heteroatoms. The topological polar surface area (TPSA) is 55.3 Å². The van der Waals surface area contributed by atoms with Crippen molar-refractivity contribution in [3.8, 4) is 5.75 Å². The van der Waals surface area contributed by atoms with Crippen LogP contribution < -0.4 is 4.74 Å². The van der Waals surface area contributed by atoms with Crippen LogP contribution in [0.1, 0.15) is 26.1 Å². The minimum Gasteiger partial charge on any atom is -0.486 e. The van der Waals surface area contributed by atoms with Gasteiger partial charge < -0.3 is 9.64 Å². The van der Waals surface area contributed by atoms with Gasteiger partial charge in [-0.3, -0.25) is 4.79 Å². The molecule has 0 saturated heterocycles. The first kappa shape index (κ1) is 18.6. The molecular formula is C21H19N3O2S2. The van der Waals surface area contributed by atoms with E-state index in [-0.39, 0.29) is 5.91 Å².